The molecule has 23 heteroatoms. The van der Waals surface area contributed by atoms with Gasteiger partial charge in [0.25, 0.3) is 23.1 Å². The Morgan fingerprint density at radius 2 is 1.36 bits per heavy atom. The molecule has 0 saturated heterocycles. The molecule has 0 aromatic heterocycles. The molecule has 0 saturated carbocycles. The van der Waals surface area contributed by atoms with Gasteiger partial charge < -0.3 is 14.8 Å². The first-order valence-electron chi connectivity index (χ1n) is 11.4. The first-order valence-corrected chi connectivity index (χ1v) is 14.2. The standard InChI is InChI=1S/C22H19N7O13S2.Na/c1-41-17-10-15(28(31)32)19(43(35,36)37)8-13(17)24-26-21(22(30)23-12-6-4-3-5-7-12)27-25-14-9-20(44(38,39)40)16(29(33)34)11-18(14)42-2;/h3-11,24H,1-2H3,(H,23,30)(H,35,36,37)(H,38,39,40);/q;+1/b26-21+,27-25?;. The first kappa shape index (κ1) is 36.6. The predicted molar refractivity (Wildman–Crippen MR) is 150 cm³/mol. The minimum absolute atomic E-state index is 0. The number of anilines is 2. The average Bonchev–Trinajstić information content (AvgIpc) is 2.95. The van der Waals surface area contributed by atoms with Crippen molar-refractivity contribution < 1.29 is 79.6 Å². The Balaban J connectivity index is 0.00000705. The number of carbonyl (C=O) groups is 1. The van der Waals surface area contributed by atoms with Crippen LogP contribution in [0.15, 0.2) is 79.7 Å². The van der Waals surface area contributed by atoms with E-state index in [1.54, 1.807) is 18.2 Å². The number of amides is 1. The van der Waals surface area contributed by atoms with Gasteiger partial charge in [0, 0.05) is 5.69 Å². The van der Waals surface area contributed by atoms with E-state index in [9.17, 15) is 51.0 Å². The van der Waals surface area contributed by atoms with Gasteiger partial charge in [-0.3, -0.25) is 39.6 Å². The molecule has 0 aliphatic rings. The number of benzene rings is 3. The number of methoxy groups -OCH3 is 2. The Bertz CT molecular complexity index is 1920. The van der Waals surface area contributed by atoms with Gasteiger partial charge in [0.2, 0.25) is 0 Å². The number of azo groups is 1. The number of hydrazone groups is 1. The van der Waals surface area contributed by atoms with Crippen LogP contribution in [-0.4, -0.2) is 61.8 Å². The predicted octanol–water partition coefficient (Wildman–Crippen LogP) is 0.166. The van der Waals surface area contributed by atoms with Gasteiger partial charge in [-0.05, 0) is 24.3 Å². The van der Waals surface area contributed by atoms with Crippen LogP contribution < -0.4 is 49.8 Å². The zero-order chi connectivity index (χ0) is 32.8. The maximum absolute atomic E-state index is 13.1. The summed E-state index contributed by atoms with van der Waals surface area (Å²) in [4.78, 5) is 31.2. The summed E-state index contributed by atoms with van der Waals surface area (Å²) in [5.74, 6) is -2.68. The van der Waals surface area contributed by atoms with Gasteiger partial charge in [-0.1, -0.05) is 18.2 Å². The Kier molecular flexibility index (Phi) is 12.2. The first-order chi connectivity index (χ1) is 20.6. The summed E-state index contributed by atoms with van der Waals surface area (Å²) in [6.45, 7) is 0. The van der Waals surface area contributed by atoms with Crippen molar-refractivity contribution in [3.8, 4) is 11.5 Å². The third-order valence-electron chi connectivity index (χ3n) is 5.26. The molecule has 3 aromatic rings. The summed E-state index contributed by atoms with van der Waals surface area (Å²) in [5.41, 5.74) is -0.559. The number of hydrogen-bond donors (Lipinski definition) is 4. The van der Waals surface area contributed by atoms with Crippen LogP contribution in [0.3, 0.4) is 0 Å². The summed E-state index contributed by atoms with van der Waals surface area (Å²) >= 11 is 0. The minimum Gasteiger partial charge on any atom is -0.494 e. The van der Waals surface area contributed by atoms with E-state index in [0.29, 0.717) is 24.3 Å². The van der Waals surface area contributed by atoms with Crippen molar-refractivity contribution in [1.29, 1.82) is 0 Å². The zero-order valence-electron chi connectivity index (χ0n) is 23.1. The molecule has 0 aliphatic carbocycles. The fourth-order valence-corrected chi connectivity index (χ4v) is 4.65. The van der Waals surface area contributed by atoms with Crippen molar-refractivity contribution in [3.63, 3.8) is 0 Å². The van der Waals surface area contributed by atoms with E-state index < -0.39 is 80.1 Å². The van der Waals surface area contributed by atoms with Crippen molar-refractivity contribution in [2.45, 2.75) is 9.79 Å². The molecule has 0 aliphatic heterocycles. The van der Waals surface area contributed by atoms with Crippen LogP contribution in [0.5, 0.6) is 11.5 Å². The van der Waals surface area contributed by atoms with Crippen molar-refractivity contribution in [1.82, 2.24) is 0 Å². The third kappa shape index (κ3) is 9.21. The van der Waals surface area contributed by atoms with Gasteiger partial charge in [0.1, 0.15) is 11.4 Å². The van der Waals surface area contributed by atoms with E-state index in [-0.39, 0.29) is 41.0 Å². The largest absolute Gasteiger partial charge is 1.00 e. The number of nitro groups is 2. The molecule has 0 bridgehead atoms. The molecular formula is C22H19N7NaO13S2+. The fraction of sp³-hybridized carbons (Fsp3) is 0.0909. The molecule has 0 unspecified atom stereocenters. The summed E-state index contributed by atoms with van der Waals surface area (Å²) in [5, 5.41) is 36.1. The van der Waals surface area contributed by atoms with E-state index in [1.807, 2.05) is 0 Å². The minimum atomic E-state index is -5.15. The number of nitrogens with zero attached hydrogens (tertiary/aromatic N) is 5. The maximum atomic E-state index is 13.1. The van der Waals surface area contributed by atoms with Crippen LogP contribution in [-0.2, 0) is 25.0 Å². The second kappa shape index (κ2) is 14.9. The van der Waals surface area contributed by atoms with Crippen LogP contribution in [0.4, 0.5) is 28.4 Å². The van der Waals surface area contributed by atoms with Crippen molar-refractivity contribution >= 4 is 60.4 Å². The maximum Gasteiger partial charge on any atom is 1.00 e. The number of nitrogens with one attached hydrogen (secondary N) is 2. The summed E-state index contributed by atoms with van der Waals surface area (Å²) < 4.78 is 76.0. The number of ether oxygens (including phenoxy) is 2. The molecule has 4 N–H and O–H groups in total. The molecule has 0 heterocycles. The Morgan fingerprint density at radius 1 is 0.844 bits per heavy atom. The van der Waals surface area contributed by atoms with E-state index in [4.69, 9.17) is 9.47 Å². The topological polar surface area (TPSA) is 292 Å². The molecule has 0 spiro atoms. The third-order valence-corrected chi connectivity index (χ3v) is 7.03. The smallest absolute Gasteiger partial charge is 0.494 e. The van der Waals surface area contributed by atoms with Crippen LogP contribution in [0.1, 0.15) is 0 Å². The molecule has 0 radical (unpaired) electrons. The van der Waals surface area contributed by atoms with Gasteiger partial charge in [0.15, 0.2) is 21.3 Å². The average molecular weight is 677 g/mol. The van der Waals surface area contributed by atoms with Gasteiger partial charge in [-0.15, -0.1) is 15.3 Å². The second-order valence-corrected chi connectivity index (χ2v) is 10.8. The van der Waals surface area contributed by atoms with Crippen molar-refractivity contribution in [2.75, 3.05) is 25.0 Å². The molecule has 232 valence electrons. The molecule has 0 fully saturated rings. The van der Waals surface area contributed by atoms with Crippen molar-refractivity contribution in [2.24, 2.45) is 15.3 Å². The summed E-state index contributed by atoms with van der Waals surface area (Å²) in [7, 11) is -8.17. The molecule has 3 rings (SSSR count). The Morgan fingerprint density at radius 3 is 1.84 bits per heavy atom. The molecule has 1 amide bonds. The van der Waals surface area contributed by atoms with Gasteiger partial charge in [-0.2, -0.15) is 16.8 Å². The number of nitro benzene ring substituents is 2. The monoisotopic (exact) mass is 676 g/mol. The number of rotatable bonds is 10. The van der Waals surface area contributed by atoms with E-state index in [0.717, 1.165) is 14.2 Å². The number of carbonyl (C=O) groups excluding carboxylic acids is 1. The van der Waals surface area contributed by atoms with Gasteiger partial charge >= 0.3 is 49.8 Å². The number of para-hydroxylation sites is 1. The van der Waals surface area contributed by atoms with E-state index in [2.05, 4.69) is 26.1 Å². The Hall–Kier alpha value is -4.58. The molecule has 45 heavy (non-hydrogen) atoms. The Labute approximate surface area is 275 Å². The molecular weight excluding hydrogens is 657 g/mol. The molecule has 0 atom stereocenters. The fourth-order valence-electron chi connectivity index (χ4n) is 3.33. The van der Waals surface area contributed by atoms with Gasteiger partial charge in [0.05, 0.1) is 36.2 Å². The van der Waals surface area contributed by atoms with Crippen molar-refractivity contribution in [3.05, 3.63) is 74.8 Å². The molecule has 3 aromatic carbocycles. The SMILES string of the molecule is COc1cc([N+](=O)[O-])c(S(=O)(=O)O)cc1N=N/C(=N/Nc1cc(S(=O)(=O)O)c([N+](=O)[O-])cc1OC)C(=O)Nc1ccccc1.[Na+]. The number of amidine groups is 1. The molecule has 20 nitrogen and oxygen atoms in total. The zero-order valence-corrected chi connectivity index (χ0v) is 26.8. The normalized spacial score (nSPS) is 11.8. The van der Waals surface area contributed by atoms with Gasteiger partial charge in [-0.25, -0.2) is 0 Å². The number of hydrogen-bond acceptors (Lipinski definition) is 14. The van der Waals surface area contributed by atoms with E-state index >= 15 is 0 Å². The van der Waals surface area contributed by atoms with Crippen LogP contribution in [0.2, 0.25) is 0 Å². The van der Waals surface area contributed by atoms with Crippen LogP contribution in [0.25, 0.3) is 0 Å². The second-order valence-electron chi connectivity index (χ2n) is 8.04. The summed E-state index contributed by atoms with van der Waals surface area (Å²) in [6, 6.07) is 10.2. The van der Waals surface area contributed by atoms with Crippen LogP contribution in [0, 0.1) is 20.2 Å². The van der Waals surface area contributed by atoms with E-state index in [1.165, 1.54) is 12.1 Å². The van der Waals surface area contributed by atoms with Crippen LogP contribution >= 0.6 is 0 Å². The quantitative estimate of drug-likeness (QED) is 0.0423. The summed E-state index contributed by atoms with van der Waals surface area (Å²) in [6.07, 6.45) is 0.